The topological polar surface area (TPSA) is 90.9 Å². The molecule has 3 heterocycles. The van der Waals surface area contributed by atoms with E-state index in [1.807, 2.05) is 17.9 Å². The van der Waals surface area contributed by atoms with Gasteiger partial charge in [-0.1, -0.05) is 11.6 Å². The first-order chi connectivity index (χ1) is 15.3. The van der Waals surface area contributed by atoms with E-state index in [-0.39, 0.29) is 19.0 Å². The Balaban J connectivity index is 1.39. The Bertz CT molecular complexity index is 1030. The lowest BCUT2D eigenvalue weighted by Gasteiger charge is -2.36. The zero-order chi connectivity index (χ0) is 22.8. The molecule has 2 aliphatic rings. The number of amides is 2. The molecule has 0 spiro atoms. The summed E-state index contributed by atoms with van der Waals surface area (Å²) in [4.78, 5) is 28.7. The van der Waals surface area contributed by atoms with Crippen molar-refractivity contribution in [2.75, 3.05) is 54.0 Å². The average molecular weight is 463 g/mol. The minimum absolute atomic E-state index is 0.201. The number of nitrogens with zero attached hydrogens (tertiary/aromatic N) is 5. The van der Waals surface area contributed by atoms with Crippen molar-refractivity contribution in [2.45, 2.75) is 20.0 Å². The minimum atomic E-state index is -0.555. The van der Waals surface area contributed by atoms with E-state index in [9.17, 15) is 14.0 Å². The third-order valence-corrected chi connectivity index (χ3v) is 5.92. The summed E-state index contributed by atoms with van der Waals surface area (Å²) >= 11 is 5.95. The first-order valence-electron chi connectivity index (χ1n) is 10.3. The molecule has 2 aromatic rings. The molecule has 0 radical (unpaired) electrons. The van der Waals surface area contributed by atoms with Crippen LogP contribution in [0.3, 0.4) is 0 Å². The van der Waals surface area contributed by atoms with E-state index in [1.54, 1.807) is 12.1 Å². The lowest BCUT2D eigenvalue weighted by Crippen LogP contribution is -2.47. The lowest BCUT2D eigenvalue weighted by molar-refractivity contribution is -0.119. The Labute approximate surface area is 190 Å². The van der Waals surface area contributed by atoms with Crippen molar-refractivity contribution >= 4 is 40.8 Å². The number of rotatable bonds is 5. The zero-order valence-corrected chi connectivity index (χ0v) is 18.6. The summed E-state index contributed by atoms with van der Waals surface area (Å²) in [5.41, 5.74) is 1.77. The van der Waals surface area contributed by atoms with Crippen LogP contribution in [0.1, 0.15) is 12.5 Å². The van der Waals surface area contributed by atoms with Crippen molar-refractivity contribution in [1.29, 1.82) is 0 Å². The van der Waals surface area contributed by atoms with Crippen LogP contribution in [0.4, 0.5) is 26.4 Å². The zero-order valence-electron chi connectivity index (χ0n) is 17.8. The normalized spacial score (nSPS) is 18.7. The number of nitrogens with one attached hydrogen (secondary N) is 1. The predicted molar refractivity (Wildman–Crippen MR) is 119 cm³/mol. The predicted octanol–water partition coefficient (Wildman–Crippen LogP) is 2.37. The van der Waals surface area contributed by atoms with Crippen molar-refractivity contribution in [1.82, 2.24) is 15.5 Å². The number of carbonyl (C=O) groups excluding carboxylic acids is 2. The van der Waals surface area contributed by atoms with Crippen LogP contribution in [-0.4, -0.2) is 67.6 Å². The summed E-state index contributed by atoms with van der Waals surface area (Å²) in [7, 11) is 0. The molecule has 32 heavy (non-hydrogen) atoms. The summed E-state index contributed by atoms with van der Waals surface area (Å²) in [6.45, 7) is 6.31. The van der Waals surface area contributed by atoms with E-state index in [2.05, 4.69) is 20.4 Å². The summed E-state index contributed by atoms with van der Waals surface area (Å²) < 4.78 is 20.2. The number of carbonyl (C=O) groups is 2. The largest absolute Gasteiger partial charge is 0.442 e. The van der Waals surface area contributed by atoms with Crippen LogP contribution in [-0.2, 0) is 9.53 Å². The van der Waals surface area contributed by atoms with Crippen LogP contribution < -0.4 is 20.0 Å². The van der Waals surface area contributed by atoms with Crippen molar-refractivity contribution < 1.29 is 18.7 Å². The number of piperazine rings is 1. The third-order valence-electron chi connectivity index (χ3n) is 5.55. The van der Waals surface area contributed by atoms with E-state index < -0.39 is 18.0 Å². The van der Waals surface area contributed by atoms with Crippen molar-refractivity contribution in [3.8, 4) is 0 Å². The number of halogens is 2. The molecule has 1 N–H and O–H groups in total. The molecule has 2 saturated heterocycles. The molecule has 1 atom stereocenters. The molecule has 2 fully saturated rings. The van der Waals surface area contributed by atoms with Gasteiger partial charge in [-0.15, -0.1) is 10.2 Å². The number of cyclic esters (lactones) is 1. The molecule has 1 aromatic carbocycles. The molecule has 2 aliphatic heterocycles. The van der Waals surface area contributed by atoms with Crippen LogP contribution in [0.5, 0.6) is 0 Å². The first-order valence-corrected chi connectivity index (χ1v) is 10.7. The molecule has 0 bridgehead atoms. The van der Waals surface area contributed by atoms with Gasteiger partial charge in [-0.3, -0.25) is 9.69 Å². The molecular formula is C21H24ClFN6O3. The van der Waals surface area contributed by atoms with Gasteiger partial charge in [-0.05, 0) is 36.8 Å². The molecule has 0 aliphatic carbocycles. The van der Waals surface area contributed by atoms with Gasteiger partial charge in [0.05, 0.1) is 24.5 Å². The SMILES string of the molecule is CC(=O)NC[C@H]1CN(c2ccc(N3CCN(c4cc(C)c(Cl)nn4)CC3)c(F)c2)C(=O)O1. The molecule has 2 amide bonds. The summed E-state index contributed by atoms with van der Waals surface area (Å²) in [6.07, 6.45) is -1.03. The highest BCUT2D eigenvalue weighted by molar-refractivity contribution is 6.30. The number of hydrogen-bond acceptors (Lipinski definition) is 7. The highest BCUT2D eigenvalue weighted by atomic mass is 35.5. The second-order valence-corrected chi connectivity index (χ2v) is 8.20. The van der Waals surface area contributed by atoms with Gasteiger partial charge < -0.3 is 19.9 Å². The van der Waals surface area contributed by atoms with Crippen molar-refractivity contribution in [3.63, 3.8) is 0 Å². The van der Waals surface area contributed by atoms with Gasteiger partial charge in [-0.25, -0.2) is 9.18 Å². The summed E-state index contributed by atoms with van der Waals surface area (Å²) in [5, 5.41) is 11.1. The van der Waals surface area contributed by atoms with Crippen LogP contribution in [0.15, 0.2) is 24.3 Å². The fourth-order valence-corrected chi connectivity index (χ4v) is 3.90. The van der Waals surface area contributed by atoms with Crippen molar-refractivity contribution in [3.05, 3.63) is 40.8 Å². The summed E-state index contributed by atoms with van der Waals surface area (Å²) in [6, 6.07) is 6.63. The van der Waals surface area contributed by atoms with Crippen LogP contribution >= 0.6 is 11.6 Å². The summed E-state index contributed by atoms with van der Waals surface area (Å²) in [5.74, 6) is 0.146. The maximum absolute atomic E-state index is 15.0. The van der Waals surface area contributed by atoms with E-state index in [0.29, 0.717) is 42.7 Å². The van der Waals surface area contributed by atoms with Crippen LogP contribution in [0.2, 0.25) is 5.15 Å². The number of aryl methyl sites for hydroxylation is 1. The molecule has 170 valence electrons. The maximum Gasteiger partial charge on any atom is 0.414 e. The Kier molecular flexibility index (Phi) is 6.31. The molecule has 0 unspecified atom stereocenters. The number of hydrogen-bond donors (Lipinski definition) is 1. The Morgan fingerprint density at radius 2 is 1.94 bits per heavy atom. The standard InChI is InChI=1S/C21H24ClFN6O3/c1-13-9-19(25-26-20(13)22)28-7-5-27(6-8-28)18-4-3-15(10-17(18)23)29-12-16(32-21(29)31)11-24-14(2)30/h3-4,9-10,16H,5-8,11-12H2,1-2H3,(H,24,30)/t16-/m0/s1. The van der Waals surface area contributed by atoms with Gasteiger partial charge in [0.15, 0.2) is 11.0 Å². The molecule has 11 heteroatoms. The lowest BCUT2D eigenvalue weighted by atomic mass is 10.2. The Morgan fingerprint density at radius 1 is 1.22 bits per heavy atom. The first kappa shape index (κ1) is 22.1. The van der Waals surface area contributed by atoms with Crippen LogP contribution in [0.25, 0.3) is 0 Å². The second kappa shape index (κ2) is 9.15. The Morgan fingerprint density at radius 3 is 2.59 bits per heavy atom. The fraction of sp³-hybridized carbons (Fsp3) is 0.429. The van der Waals surface area contributed by atoms with Gasteiger partial charge >= 0.3 is 6.09 Å². The molecule has 1 aromatic heterocycles. The van der Waals surface area contributed by atoms with E-state index in [4.69, 9.17) is 16.3 Å². The van der Waals surface area contributed by atoms with E-state index in [0.717, 1.165) is 11.4 Å². The van der Waals surface area contributed by atoms with E-state index in [1.165, 1.54) is 17.9 Å². The fourth-order valence-electron chi connectivity index (χ4n) is 3.80. The molecule has 0 saturated carbocycles. The molecule has 9 nitrogen and oxygen atoms in total. The van der Waals surface area contributed by atoms with Gasteiger partial charge in [0.1, 0.15) is 11.9 Å². The Hall–Kier alpha value is -3.14. The highest BCUT2D eigenvalue weighted by Crippen LogP contribution is 2.29. The number of aromatic nitrogens is 2. The third kappa shape index (κ3) is 4.69. The number of benzene rings is 1. The van der Waals surface area contributed by atoms with Gasteiger partial charge in [0.25, 0.3) is 0 Å². The minimum Gasteiger partial charge on any atom is -0.442 e. The number of ether oxygens (including phenoxy) is 1. The second-order valence-electron chi connectivity index (χ2n) is 7.84. The maximum atomic E-state index is 15.0. The molecule has 4 rings (SSSR count). The quantitative estimate of drug-likeness (QED) is 0.729. The highest BCUT2D eigenvalue weighted by Gasteiger charge is 2.33. The molecular weight excluding hydrogens is 439 g/mol. The van der Waals surface area contributed by atoms with Gasteiger partial charge in [-0.2, -0.15) is 0 Å². The smallest absolute Gasteiger partial charge is 0.414 e. The number of anilines is 3. The van der Waals surface area contributed by atoms with Gasteiger partial charge in [0.2, 0.25) is 5.91 Å². The average Bonchev–Trinajstić information content (AvgIpc) is 3.15. The monoisotopic (exact) mass is 462 g/mol. The van der Waals surface area contributed by atoms with Gasteiger partial charge in [0, 0.05) is 33.1 Å². The van der Waals surface area contributed by atoms with Crippen molar-refractivity contribution in [2.24, 2.45) is 0 Å². The van der Waals surface area contributed by atoms with E-state index >= 15 is 0 Å². The van der Waals surface area contributed by atoms with Crippen LogP contribution in [0, 0.1) is 12.7 Å².